The highest BCUT2D eigenvalue weighted by Crippen LogP contribution is 2.24. The van der Waals surface area contributed by atoms with Gasteiger partial charge in [-0.25, -0.2) is 9.37 Å². The number of aromatic amines is 1. The van der Waals surface area contributed by atoms with Crippen LogP contribution in [0.1, 0.15) is 15.4 Å². The van der Waals surface area contributed by atoms with Crippen molar-refractivity contribution in [1.82, 2.24) is 15.3 Å². The van der Waals surface area contributed by atoms with Crippen molar-refractivity contribution in [3.63, 3.8) is 0 Å². The molecule has 0 fully saturated rings. The van der Waals surface area contributed by atoms with Gasteiger partial charge in [0.25, 0.3) is 5.91 Å². The highest BCUT2D eigenvalue weighted by atomic mass is 32.1. The number of amides is 1. The van der Waals surface area contributed by atoms with Crippen LogP contribution < -0.4 is 5.32 Å². The number of aromatic nitrogens is 2. The topological polar surface area (TPSA) is 57.8 Å². The van der Waals surface area contributed by atoms with E-state index in [1.807, 2.05) is 24.3 Å². The predicted octanol–water partition coefficient (Wildman–Crippen LogP) is 4.36. The van der Waals surface area contributed by atoms with Crippen LogP contribution in [-0.4, -0.2) is 15.9 Å². The molecule has 6 heteroatoms. The molecule has 2 aromatic carbocycles. The lowest BCUT2D eigenvalue weighted by atomic mass is 10.0. The fourth-order valence-corrected chi connectivity index (χ4v) is 3.57. The van der Waals surface area contributed by atoms with E-state index in [1.165, 1.54) is 12.1 Å². The minimum Gasteiger partial charge on any atom is -0.366 e. The second-order valence-electron chi connectivity index (χ2n) is 5.55. The molecule has 4 rings (SSSR count). The second kappa shape index (κ2) is 6.49. The number of thiazole rings is 1. The third kappa shape index (κ3) is 3.16. The lowest BCUT2D eigenvalue weighted by Gasteiger charge is -2.05. The number of halogens is 1. The Hall–Kier alpha value is -2.99. The van der Waals surface area contributed by atoms with E-state index < -0.39 is 0 Å². The number of hydrogen-bond donors (Lipinski definition) is 2. The Kier molecular flexibility index (Phi) is 4.03. The van der Waals surface area contributed by atoms with Crippen LogP contribution in [0.3, 0.4) is 0 Å². The van der Waals surface area contributed by atoms with Crippen molar-refractivity contribution in [1.29, 1.82) is 0 Å². The molecule has 0 aliphatic heterocycles. The molecule has 0 bridgehead atoms. The monoisotopic (exact) mass is 351 g/mol. The van der Waals surface area contributed by atoms with Crippen LogP contribution in [0.25, 0.3) is 21.3 Å². The van der Waals surface area contributed by atoms with Crippen molar-refractivity contribution >= 4 is 27.5 Å². The molecule has 2 aromatic heterocycles. The van der Waals surface area contributed by atoms with E-state index in [2.05, 4.69) is 15.3 Å². The van der Waals surface area contributed by atoms with Gasteiger partial charge in [-0.3, -0.25) is 4.79 Å². The lowest BCUT2D eigenvalue weighted by Crippen LogP contribution is -2.22. The van der Waals surface area contributed by atoms with Crippen LogP contribution in [0.2, 0.25) is 0 Å². The molecule has 0 unspecified atom stereocenters. The number of carbonyl (C=O) groups is 1. The molecule has 4 nitrogen and oxygen atoms in total. The number of rotatable bonds is 4. The predicted molar refractivity (Wildman–Crippen MR) is 97.0 cm³/mol. The first kappa shape index (κ1) is 15.5. The molecule has 124 valence electrons. The van der Waals surface area contributed by atoms with Gasteiger partial charge in [0.1, 0.15) is 10.8 Å². The van der Waals surface area contributed by atoms with Gasteiger partial charge in [0.2, 0.25) is 0 Å². The number of para-hydroxylation sites is 1. The first-order valence-electron chi connectivity index (χ1n) is 7.76. The van der Waals surface area contributed by atoms with Crippen molar-refractivity contribution in [3.8, 4) is 11.1 Å². The van der Waals surface area contributed by atoms with Crippen molar-refractivity contribution in [2.45, 2.75) is 6.54 Å². The number of fused-ring (bicyclic) bond motifs is 1. The molecule has 0 spiro atoms. The molecular formula is C19H14FN3OS. The maximum atomic E-state index is 13.1. The van der Waals surface area contributed by atoms with Gasteiger partial charge in [-0.15, -0.1) is 11.3 Å². The molecular weight excluding hydrogens is 337 g/mol. The Morgan fingerprint density at radius 1 is 1.12 bits per heavy atom. The molecule has 0 atom stereocenters. The van der Waals surface area contributed by atoms with Crippen LogP contribution >= 0.6 is 11.3 Å². The van der Waals surface area contributed by atoms with Crippen molar-refractivity contribution < 1.29 is 9.18 Å². The van der Waals surface area contributed by atoms with Crippen LogP contribution in [-0.2, 0) is 6.54 Å². The number of nitrogens with zero attached hydrogens (tertiary/aromatic N) is 1. The summed E-state index contributed by atoms with van der Waals surface area (Å²) < 4.78 is 14.2. The Balaban J connectivity index is 1.52. The molecule has 25 heavy (non-hydrogen) atoms. The van der Waals surface area contributed by atoms with E-state index in [0.717, 1.165) is 26.4 Å². The van der Waals surface area contributed by atoms with E-state index in [-0.39, 0.29) is 11.7 Å². The molecule has 0 aliphatic rings. The van der Waals surface area contributed by atoms with Crippen LogP contribution in [0.4, 0.5) is 4.39 Å². The Morgan fingerprint density at radius 3 is 2.72 bits per heavy atom. The minimum absolute atomic E-state index is 0.195. The van der Waals surface area contributed by atoms with Gasteiger partial charge in [-0.2, -0.15) is 0 Å². The van der Waals surface area contributed by atoms with Gasteiger partial charge in [0.15, 0.2) is 0 Å². The molecule has 4 aromatic rings. The molecule has 0 aliphatic carbocycles. The molecule has 1 amide bonds. The number of nitrogens with one attached hydrogen (secondary N) is 2. The second-order valence-corrected chi connectivity index (χ2v) is 6.66. The third-order valence-corrected chi connectivity index (χ3v) is 4.92. The largest absolute Gasteiger partial charge is 0.366 e. The molecule has 2 heterocycles. The van der Waals surface area contributed by atoms with E-state index in [0.29, 0.717) is 12.1 Å². The third-order valence-electron chi connectivity index (χ3n) is 3.88. The zero-order valence-electron chi connectivity index (χ0n) is 13.1. The van der Waals surface area contributed by atoms with E-state index >= 15 is 0 Å². The fourth-order valence-electron chi connectivity index (χ4n) is 2.67. The lowest BCUT2D eigenvalue weighted by molar-refractivity contribution is 0.0951. The zero-order valence-corrected chi connectivity index (χ0v) is 13.9. The summed E-state index contributed by atoms with van der Waals surface area (Å²) in [5.74, 6) is -0.499. The number of benzene rings is 2. The molecule has 2 N–H and O–H groups in total. The molecule has 0 radical (unpaired) electrons. The number of hydrogen-bond acceptors (Lipinski definition) is 3. The first-order chi connectivity index (χ1) is 12.2. The van der Waals surface area contributed by atoms with Gasteiger partial charge in [-0.1, -0.05) is 24.3 Å². The zero-order chi connectivity index (χ0) is 17.2. The Morgan fingerprint density at radius 2 is 1.92 bits per heavy atom. The van der Waals surface area contributed by atoms with Gasteiger partial charge in [-0.05, 0) is 29.8 Å². The average molecular weight is 351 g/mol. The summed E-state index contributed by atoms with van der Waals surface area (Å²) in [6, 6.07) is 14.0. The highest BCUT2D eigenvalue weighted by Gasteiger charge is 2.14. The highest BCUT2D eigenvalue weighted by molar-refractivity contribution is 7.18. The molecule has 0 saturated heterocycles. The van der Waals surface area contributed by atoms with Gasteiger partial charge >= 0.3 is 0 Å². The number of H-pyrrole nitrogens is 1. The van der Waals surface area contributed by atoms with Gasteiger partial charge < -0.3 is 10.3 Å². The van der Waals surface area contributed by atoms with Crippen LogP contribution in [0.15, 0.2) is 60.9 Å². The summed E-state index contributed by atoms with van der Waals surface area (Å²) in [4.78, 5) is 20.0. The summed E-state index contributed by atoms with van der Waals surface area (Å²) in [5, 5.41) is 3.75. The number of carbonyl (C=O) groups excluding carboxylic acids is 1. The summed E-state index contributed by atoms with van der Waals surface area (Å²) >= 11 is 1.56. The Labute approximate surface area is 147 Å². The van der Waals surface area contributed by atoms with E-state index in [9.17, 15) is 9.18 Å². The van der Waals surface area contributed by atoms with E-state index in [4.69, 9.17) is 0 Å². The smallest absolute Gasteiger partial charge is 0.253 e. The van der Waals surface area contributed by atoms with Crippen molar-refractivity contribution in [3.05, 3.63) is 77.3 Å². The van der Waals surface area contributed by atoms with Gasteiger partial charge in [0, 0.05) is 18.0 Å². The normalized spacial score (nSPS) is 10.9. The quantitative estimate of drug-likeness (QED) is 0.574. The summed E-state index contributed by atoms with van der Waals surface area (Å²) in [5.41, 5.74) is 2.98. The maximum absolute atomic E-state index is 13.1. The minimum atomic E-state index is -0.305. The van der Waals surface area contributed by atoms with Crippen molar-refractivity contribution in [2.24, 2.45) is 0 Å². The maximum Gasteiger partial charge on any atom is 0.253 e. The van der Waals surface area contributed by atoms with Crippen LogP contribution in [0, 0.1) is 5.82 Å². The first-order valence-corrected chi connectivity index (χ1v) is 8.58. The molecule has 0 saturated carbocycles. The van der Waals surface area contributed by atoms with Crippen molar-refractivity contribution in [2.75, 3.05) is 0 Å². The van der Waals surface area contributed by atoms with E-state index in [1.54, 1.807) is 35.9 Å². The van der Waals surface area contributed by atoms with Crippen LogP contribution in [0.5, 0.6) is 0 Å². The Bertz CT molecular complexity index is 1000. The summed E-state index contributed by atoms with van der Waals surface area (Å²) in [6.07, 6.45) is 3.38. The standard InChI is InChI=1S/C19H14FN3OS/c20-13-7-5-12(6-8-13)14-9-21-10-15(14)19(24)22-11-18-23-16-3-1-2-4-17(16)25-18/h1-10,21H,11H2,(H,22,24). The van der Waals surface area contributed by atoms with Gasteiger partial charge in [0.05, 0.1) is 22.3 Å². The SMILES string of the molecule is O=C(NCc1nc2ccccc2s1)c1c[nH]cc1-c1ccc(F)cc1. The average Bonchev–Trinajstić information content (AvgIpc) is 3.27. The summed E-state index contributed by atoms with van der Waals surface area (Å²) in [6.45, 7) is 0.367. The summed E-state index contributed by atoms with van der Waals surface area (Å²) in [7, 11) is 0. The fraction of sp³-hybridized carbons (Fsp3) is 0.0526.